The molecule has 6 nitrogen and oxygen atoms in total. The normalized spacial score (nSPS) is 16.0. The van der Waals surface area contributed by atoms with Crippen LogP contribution in [0.4, 0.5) is 0 Å². The van der Waals surface area contributed by atoms with E-state index in [2.05, 4.69) is 4.98 Å². The summed E-state index contributed by atoms with van der Waals surface area (Å²) < 4.78 is 6.82. The molecule has 1 saturated heterocycles. The van der Waals surface area contributed by atoms with Gasteiger partial charge < -0.3 is 14.6 Å². The van der Waals surface area contributed by atoms with Crippen LogP contribution in [0.15, 0.2) is 4.79 Å². The van der Waals surface area contributed by atoms with Crippen LogP contribution in [0, 0.1) is 13.8 Å². The Bertz CT molecular complexity index is 483. The van der Waals surface area contributed by atoms with Crippen molar-refractivity contribution in [2.24, 2.45) is 0 Å². The number of aromatic nitrogens is 2. The van der Waals surface area contributed by atoms with Crippen molar-refractivity contribution in [2.45, 2.75) is 26.8 Å². The van der Waals surface area contributed by atoms with Crippen molar-refractivity contribution in [2.75, 3.05) is 26.3 Å². The van der Waals surface area contributed by atoms with E-state index in [1.807, 2.05) is 13.8 Å². The van der Waals surface area contributed by atoms with E-state index in [1.165, 1.54) is 0 Å². The molecule has 1 aliphatic heterocycles. The van der Waals surface area contributed by atoms with Crippen molar-refractivity contribution in [1.29, 1.82) is 0 Å². The second kappa shape index (κ2) is 5.39. The lowest BCUT2D eigenvalue weighted by Crippen LogP contribution is -2.41. The molecule has 0 aliphatic carbocycles. The van der Waals surface area contributed by atoms with Gasteiger partial charge in [0.1, 0.15) is 0 Å². The van der Waals surface area contributed by atoms with Gasteiger partial charge in [0.05, 0.1) is 13.2 Å². The van der Waals surface area contributed by atoms with E-state index in [0.29, 0.717) is 39.3 Å². The van der Waals surface area contributed by atoms with Gasteiger partial charge in [-0.15, -0.1) is 0 Å². The van der Waals surface area contributed by atoms with Gasteiger partial charge in [0.25, 0.3) is 0 Å². The topological polar surface area (TPSA) is 67.3 Å². The Hall–Kier alpha value is -1.56. The number of hydrogen-bond acceptors (Lipinski definition) is 3. The first-order valence-corrected chi connectivity index (χ1v) is 6.21. The quantitative estimate of drug-likeness (QED) is 0.827. The lowest BCUT2D eigenvalue weighted by molar-refractivity contribution is -0.135. The average molecular weight is 253 g/mol. The molecule has 0 atom stereocenters. The molecular formula is C12H19N3O3. The van der Waals surface area contributed by atoms with Gasteiger partial charge in [0.2, 0.25) is 5.91 Å². The van der Waals surface area contributed by atoms with E-state index in [0.717, 1.165) is 11.4 Å². The number of imidazole rings is 1. The molecule has 1 aromatic heterocycles. The fraction of sp³-hybridized carbons (Fsp3) is 0.667. The minimum atomic E-state index is -0.139. The largest absolute Gasteiger partial charge is 0.378 e. The van der Waals surface area contributed by atoms with Crippen molar-refractivity contribution in [3.8, 4) is 0 Å². The maximum absolute atomic E-state index is 11.9. The smallest absolute Gasteiger partial charge is 0.325 e. The van der Waals surface area contributed by atoms with E-state index >= 15 is 0 Å². The highest BCUT2D eigenvalue weighted by molar-refractivity contribution is 5.76. The molecule has 0 unspecified atom stereocenters. The maximum atomic E-state index is 11.9. The summed E-state index contributed by atoms with van der Waals surface area (Å²) in [6.07, 6.45) is 0.359. The van der Waals surface area contributed by atoms with Crippen LogP contribution in [-0.2, 0) is 16.1 Å². The molecule has 0 radical (unpaired) electrons. The Balaban J connectivity index is 1.94. The first kappa shape index (κ1) is 12.9. The minimum Gasteiger partial charge on any atom is -0.378 e. The maximum Gasteiger partial charge on any atom is 0.325 e. The predicted octanol–water partition coefficient (Wildman–Crippen LogP) is 0.0421. The highest BCUT2D eigenvalue weighted by atomic mass is 16.5. The van der Waals surface area contributed by atoms with Crippen molar-refractivity contribution in [3.63, 3.8) is 0 Å². The summed E-state index contributed by atoms with van der Waals surface area (Å²) in [6.45, 7) is 6.69. The molecule has 2 rings (SSSR count). The van der Waals surface area contributed by atoms with Crippen LogP contribution >= 0.6 is 0 Å². The molecule has 18 heavy (non-hydrogen) atoms. The van der Waals surface area contributed by atoms with Crippen molar-refractivity contribution in [3.05, 3.63) is 21.9 Å². The molecule has 0 spiro atoms. The Morgan fingerprint density at radius 1 is 1.33 bits per heavy atom. The standard InChI is InChI=1S/C12H19N3O3/c1-9-10(2)15(12(17)13-9)4-3-11(16)14-5-7-18-8-6-14/h3-8H2,1-2H3,(H,13,17). The molecule has 1 aliphatic rings. The van der Waals surface area contributed by atoms with Crippen LogP contribution in [0.3, 0.4) is 0 Å². The highest BCUT2D eigenvalue weighted by Gasteiger charge is 2.17. The Morgan fingerprint density at radius 2 is 2.00 bits per heavy atom. The third-order valence-electron chi connectivity index (χ3n) is 3.40. The summed E-state index contributed by atoms with van der Waals surface area (Å²) in [6, 6.07) is 0. The van der Waals surface area contributed by atoms with E-state index < -0.39 is 0 Å². The fourth-order valence-corrected chi connectivity index (χ4v) is 2.12. The molecule has 0 aromatic carbocycles. The van der Waals surface area contributed by atoms with Crippen molar-refractivity contribution < 1.29 is 9.53 Å². The molecule has 1 aromatic rings. The number of ether oxygens (including phenoxy) is 1. The number of carbonyl (C=O) groups is 1. The molecule has 0 bridgehead atoms. The van der Waals surface area contributed by atoms with Crippen LogP contribution in [0.5, 0.6) is 0 Å². The van der Waals surface area contributed by atoms with Crippen LogP contribution < -0.4 is 5.69 Å². The number of nitrogens with zero attached hydrogens (tertiary/aromatic N) is 2. The molecule has 2 heterocycles. The Morgan fingerprint density at radius 3 is 2.56 bits per heavy atom. The van der Waals surface area contributed by atoms with Gasteiger partial charge in [-0.1, -0.05) is 0 Å². The zero-order valence-electron chi connectivity index (χ0n) is 10.9. The summed E-state index contributed by atoms with van der Waals surface area (Å²) in [5, 5.41) is 0. The number of aromatic amines is 1. The third-order valence-corrected chi connectivity index (χ3v) is 3.40. The molecule has 1 N–H and O–H groups in total. The number of carbonyl (C=O) groups excluding carboxylic acids is 1. The SMILES string of the molecule is Cc1[nH]c(=O)n(CCC(=O)N2CCOCC2)c1C. The summed E-state index contributed by atoms with van der Waals surface area (Å²) in [4.78, 5) is 28.1. The summed E-state index contributed by atoms with van der Waals surface area (Å²) in [5.41, 5.74) is 1.62. The lowest BCUT2D eigenvalue weighted by atomic mass is 10.3. The molecule has 1 fully saturated rings. The number of morpholine rings is 1. The van der Waals surface area contributed by atoms with Gasteiger partial charge in [0.15, 0.2) is 0 Å². The first-order chi connectivity index (χ1) is 8.59. The van der Waals surface area contributed by atoms with Crippen LogP contribution in [-0.4, -0.2) is 46.7 Å². The molecule has 0 saturated carbocycles. The second-order valence-electron chi connectivity index (χ2n) is 4.54. The summed E-state index contributed by atoms with van der Waals surface area (Å²) in [5.74, 6) is 0.0865. The fourth-order valence-electron chi connectivity index (χ4n) is 2.12. The Labute approximate surface area is 106 Å². The number of H-pyrrole nitrogens is 1. The van der Waals surface area contributed by atoms with Gasteiger partial charge in [-0.3, -0.25) is 9.36 Å². The molecule has 6 heteroatoms. The van der Waals surface area contributed by atoms with Gasteiger partial charge in [-0.2, -0.15) is 0 Å². The predicted molar refractivity (Wildman–Crippen MR) is 66.5 cm³/mol. The van der Waals surface area contributed by atoms with Gasteiger partial charge in [-0.25, -0.2) is 4.79 Å². The zero-order chi connectivity index (χ0) is 13.1. The average Bonchev–Trinajstić information content (AvgIpc) is 2.62. The second-order valence-corrected chi connectivity index (χ2v) is 4.54. The van der Waals surface area contributed by atoms with Gasteiger partial charge in [-0.05, 0) is 13.8 Å². The number of rotatable bonds is 3. The van der Waals surface area contributed by atoms with E-state index in [9.17, 15) is 9.59 Å². The first-order valence-electron chi connectivity index (χ1n) is 6.21. The van der Waals surface area contributed by atoms with Gasteiger partial charge in [0, 0.05) is 37.4 Å². The molecule has 1 amide bonds. The van der Waals surface area contributed by atoms with Crippen LogP contribution in [0.25, 0.3) is 0 Å². The highest BCUT2D eigenvalue weighted by Crippen LogP contribution is 2.04. The summed E-state index contributed by atoms with van der Waals surface area (Å²) >= 11 is 0. The summed E-state index contributed by atoms with van der Waals surface area (Å²) in [7, 11) is 0. The van der Waals surface area contributed by atoms with E-state index in [-0.39, 0.29) is 11.6 Å². The molecular weight excluding hydrogens is 234 g/mol. The monoisotopic (exact) mass is 253 g/mol. The van der Waals surface area contributed by atoms with Gasteiger partial charge >= 0.3 is 5.69 Å². The Kier molecular flexibility index (Phi) is 3.86. The van der Waals surface area contributed by atoms with Crippen molar-refractivity contribution in [1.82, 2.24) is 14.5 Å². The number of nitrogens with one attached hydrogen (secondary N) is 1. The number of aryl methyl sites for hydroxylation is 1. The number of hydrogen-bond donors (Lipinski definition) is 1. The molecule has 100 valence electrons. The van der Waals surface area contributed by atoms with Crippen LogP contribution in [0.1, 0.15) is 17.8 Å². The van der Waals surface area contributed by atoms with E-state index in [1.54, 1.807) is 9.47 Å². The van der Waals surface area contributed by atoms with E-state index in [4.69, 9.17) is 4.74 Å². The number of amides is 1. The van der Waals surface area contributed by atoms with Crippen molar-refractivity contribution >= 4 is 5.91 Å². The van der Waals surface area contributed by atoms with Crippen LogP contribution in [0.2, 0.25) is 0 Å². The zero-order valence-corrected chi connectivity index (χ0v) is 10.9. The minimum absolute atomic E-state index is 0.0865. The lowest BCUT2D eigenvalue weighted by Gasteiger charge is -2.26. The third kappa shape index (κ3) is 2.64.